The zero-order valence-electron chi connectivity index (χ0n) is 10.9. The van der Waals surface area contributed by atoms with Crippen LogP contribution in [0.1, 0.15) is 31.2 Å². The second-order valence-electron chi connectivity index (χ2n) is 4.94. The molecule has 0 bridgehead atoms. The molecule has 2 aromatic rings. The van der Waals surface area contributed by atoms with Gasteiger partial charge in [-0.25, -0.2) is 0 Å². The smallest absolute Gasteiger partial charge is 0.298 e. The summed E-state index contributed by atoms with van der Waals surface area (Å²) in [5.74, 6) is 0.134. The number of fused-ring (bicyclic) bond motifs is 1. The molecule has 1 saturated carbocycles. The van der Waals surface area contributed by atoms with E-state index in [-0.39, 0.29) is 11.0 Å². The molecular formula is C13H12F3N3OS. The topological polar surface area (TPSA) is 47.3 Å². The van der Waals surface area contributed by atoms with E-state index in [0.717, 1.165) is 31.5 Å². The van der Waals surface area contributed by atoms with E-state index >= 15 is 0 Å². The van der Waals surface area contributed by atoms with E-state index < -0.39 is 11.7 Å². The summed E-state index contributed by atoms with van der Waals surface area (Å²) in [5.41, 5.74) is -0.416. The Kier molecular flexibility index (Phi) is 3.64. The number of carbonyl (C=O) groups excluding carboxylic acids is 1. The minimum absolute atomic E-state index is 0.134. The number of ketones is 1. The molecule has 0 amide bonds. The maximum atomic E-state index is 12.8. The number of hydrogen-bond acceptors (Lipinski definition) is 4. The Morgan fingerprint density at radius 1 is 1.24 bits per heavy atom. The lowest BCUT2D eigenvalue weighted by molar-refractivity contribution is -0.137. The highest BCUT2D eigenvalue weighted by molar-refractivity contribution is 8.00. The monoisotopic (exact) mass is 315 g/mol. The van der Waals surface area contributed by atoms with Crippen LogP contribution in [-0.2, 0) is 11.0 Å². The van der Waals surface area contributed by atoms with Crippen LogP contribution in [0.2, 0.25) is 0 Å². The molecular weight excluding hydrogens is 303 g/mol. The molecule has 8 heteroatoms. The molecule has 3 rings (SSSR count). The van der Waals surface area contributed by atoms with Crippen LogP contribution in [0.5, 0.6) is 0 Å². The van der Waals surface area contributed by atoms with Gasteiger partial charge in [-0.15, -0.1) is 10.2 Å². The average Bonchev–Trinajstić information content (AvgIpc) is 2.83. The molecule has 0 N–H and O–H groups in total. The van der Waals surface area contributed by atoms with Crippen LogP contribution < -0.4 is 0 Å². The average molecular weight is 315 g/mol. The standard InChI is InChI=1S/C13H12F3N3OS/c14-13(15,16)8-5-6-11-17-18-12(19(11)7-8)21-10-4-2-1-3-9(10)20/h5-7,10H,1-4H2/t10-/m0/s1. The van der Waals surface area contributed by atoms with Crippen LogP contribution in [0.25, 0.3) is 5.65 Å². The van der Waals surface area contributed by atoms with Gasteiger partial charge in [0.1, 0.15) is 5.78 Å². The van der Waals surface area contributed by atoms with Crippen molar-refractivity contribution in [3.8, 4) is 0 Å². The quantitative estimate of drug-likeness (QED) is 0.852. The van der Waals surface area contributed by atoms with Gasteiger partial charge in [0.25, 0.3) is 0 Å². The number of aromatic nitrogens is 3. The first-order chi connectivity index (χ1) is 9.95. The Morgan fingerprint density at radius 2 is 2.05 bits per heavy atom. The van der Waals surface area contributed by atoms with Crippen LogP contribution in [0, 0.1) is 0 Å². The number of Topliss-reactive ketones (excluding diaryl/α,β-unsaturated/α-hetero) is 1. The predicted molar refractivity (Wildman–Crippen MR) is 71.1 cm³/mol. The molecule has 0 unspecified atom stereocenters. The van der Waals surface area contributed by atoms with Crippen LogP contribution in [-0.4, -0.2) is 25.6 Å². The van der Waals surface area contributed by atoms with Crippen LogP contribution in [0.4, 0.5) is 13.2 Å². The summed E-state index contributed by atoms with van der Waals surface area (Å²) < 4.78 is 39.6. The lowest BCUT2D eigenvalue weighted by Gasteiger charge is -2.18. The molecule has 1 atom stereocenters. The van der Waals surface area contributed by atoms with Gasteiger partial charge in [-0.3, -0.25) is 9.20 Å². The van der Waals surface area contributed by atoms with Crippen molar-refractivity contribution in [1.29, 1.82) is 0 Å². The molecule has 0 radical (unpaired) electrons. The maximum Gasteiger partial charge on any atom is 0.417 e. The third kappa shape index (κ3) is 2.90. The zero-order valence-corrected chi connectivity index (χ0v) is 11.7. The molecule has 0 saturated heterocycles. The van der Waals surface area contributed by atoms with E-state index in [0.29, 0.717) is 17.2 Å². The number of carbonyl (C=O) groups is 1. The number of halogens is 3. The van der Waals surface area contributed by atoms with Gasteiger partial charge in [0.05, 0.1) is 10.8 Å². The van der Waals surface area contributed by atoms with Crippen molar-refractivity contribution in [1.82, 2.24) is 14.6 Å². The highest BCUT2D eigenvalue weighted by Gasteiger charge is 2.31. The van der Waals surface area contributed by atoms with E-state index in [1.165, 1.54) is 22.2 Å². The van der Waals surface area contributed by atoms with E-state index in [2.05, 4.69) is 10.2 Å². The van der Waals surface area contributed by atoms with E-state index in [1.54, 1.807) is 0 Å². The molecule has 0 aliphatic heterocycles. The van der Waals surface area contributed by atoms with Gasteiger partial charge in [0.15, 0.2) is 10.8 Å². The summed E-state index contributed by atoms with van der Waals surface area (Å²) in [7, 11) is 0. The summed E-state index contributed by atoms with van der Waals surface area (Å²) in [6.07, 6.45) is -0.339. The maximum absolute atomic E-state index is 12.8. The molecule has 21 heavy (non-hydrogen) atoms. The molecule has 112 valence electrons. The van der Waals surface area contributed by atoms with Crippen LogP contribution in [0.15, 0.2) is 23.5 Å². The predicted octanol–water partition coefficient (Wildman–Crippen LogP) is 3.35. The van der Waals surface area contributed by atoms with Gasteiger partial charge in [-0.2, -0.15) is 13.2 Å². The Hall–Kier alpha value is -1.57. The Labute approximate surface area is 122 Å². The summed E-state index contributed by atoms with van der Waals surface area (Å²) in [6.45, 7) is 0. The van der Waals surface area contributed by atoms with Gasteiger partial charge in [0.2, 0.25) is 0 Å². The van der Waals surface area contributed by atoms with Crippen molar-refractivity contribution in [2.45, 2.75) is 42.3 Å². The minimum atomic E-state index is -4.42. The third-order valence-electron chi connectivity index (χ3n) is 3.44. The zero-order chi connectivity index (χ0) is 15.0. The van der Waals surface area contributed by atoms with Gasteiger partial charge < -0.3 is 0 Å². The third-order valence-corrected chi connectivity index (χ3v) is 4.72. The van der Waals surface area contributed by atoms with Crippen molar-refractivity contribution in [2.75, 3.05) is 0 Å². The lowest BCUT2D eigenvalue weighted by Crippen LogP contribution is -2.21. The summed E-state index contributed by atoms with van der Waals surface area (Å²) >= 11 is 1.20. The van der Waals surface area contributed by atoms with Crippen molar-refractivity contribution < 1.29 is 18.0 Å². The molecule has 2 aromatic heterocycles. The Bertz CT molecular complexity index is 683. The molecule has 0 aromatic carbocycles. The van der Waals surface area contributed by atoms with E-state index in [4.69, 9.17) is 0 Å². The molecule has 1 aliphatic rings. The number of nitrogens with zero attached hydrogens (tertiary/aromatic N) is 3. The van der Waals surface area contributed by atoms with Crippen LogP contribution in [0.3, 0.4) is 0 Å². The van der Waals surface area contributed by atoms with Crippen LogP contribution >= 0.6 is 11.8 Å². The molecule has 4 nitrogen and oxygen atoms in total. The second-order valence-corrected chi connectivity index (χ2v) is 6.11. The van der Waals surface area contributed by atoms with Crippen molar-refractivity contribution >= 4 is 23.2 Å². The summed E-state index contributed by atoms with van der Waals surface area (Å²) in [4.78, 5) is 11.8. The fourth-order valence-corrected chi connectivity index (χ4v) is 3.46. The fourth-order valence-electron chi connectivity index (χ4n) is 2.32. The first kappa shape index (κ1) is 14.4. The number of rotatable bonds is 2. The van der Waals surface area contributed by atoms with E-state index in [1.807, 2.05) is 0 Å². The summed E-state index contributed by atoms with van der Waals surface area (Å²) in [6, 6.07) is 2.26. The highest BCUT2D eigenvalue weighted by Crippen LogP contribution is 2.33. The summed E-state index contributed by atoms with van der Waals surface area (Å²) in [5, 5.41) is 7.84. The Balaban J connectivity index is 1.93. The fraction of sp³-hybridized carbons (Fsp3) is 0.462. The number of alkyl halides is 3. The van der Waals surface area contributed by atoms with Gasteiger partial charge in [0, 0.05) is 12.6 Å². The van der Waals surface area contributed by atoms with Crippen molar-refractivity contribution in [3.05, 3.63) is 23.9 Å². The minimum Gasteiger partial charge on any atom is -0.298 e. The largest absolute Gasteiger partial charge is 0.417 e. The number of pyridine rings is 1. The Morgan fingerprint density at radius 3 is 2.76 bits per heavy atom. The molecule has 1 fully saturated rings. The normalized spacial score (nSPS) is 20.1. The molecule has 0 spiro atoms. The number of hydrogen-bond donors (Lipinski definition) is 0. The first-order valence-corrected chi connectivity index (χ1v) is 7.44. The van der Waals surface area contributed by atoms with Crippen molar-refractivity contribution in [2.24, 2.45) is 0 Å². The van der Waals surface area contributed by atoms with Crippen molar-refractivity contribution in [3.63, 3.8) is 0 Å². The highest BCUT2D eigenvalue weighted by atomic mass is 32.2. The van der Waals surface area contributed by atoms with E-state index in [9.17, 15) is 18.0 Å². The van der Waals surface area contributed by atoms with Gasteiger partial charge >= 0.3 is 6.18 Å². The second kappa shape index (κ2) is 5.32. The molecule has 1 aliphatic carbocycles. The van der Waals surface area contributed by atoms with Gasteiger partial charge in [-0.1, -0.05) is 18.2 Å². The first-order valence-electron chi connectivity index (χ1n) is 6.56. The SMILES string of the molecule is O=C1CCCC[C@@H]1Sc1nnc2ccc(C(F)(F)F)cn12. The number of thioether (sulfide) groups is 1. The van der Waals surface area contributed by atoms with Gasteiger partial charge in [-0.05, 0) is 25.0 Å². The molecule has 2 heterocycles. The lowest BCUT2D eigenvalue weighted by atomic mass is 9.99.